The monoisotopic (exact) mass is 275 g/mol. The van der Waals surface area contributed by atoms with E-state index in [1.807, 2.05) is 0 Å². The molecule has 0 heterocycles. The van der Waals surface area contributed by atoms with Crippen molar-refractivity contribution in [3.05, 3.63) is 40.5 Å². The molecule has 0 nitrogen and oxygen atoms in total. The van der Waals surface area contributed by atoms with E-state index in [1.165, 1.54) is 22.3 Å². The average Bonchev–Trinajstić information content (AvgIpc) is 2.43. The van der Waals surface area contributed by atoms with Crippen molar-refractivity contribution in [1.82, 2.24) is 0 Å². The summed E-state index contributed by atoms with van der Waals surface area (Å²) in [6.07, 6.45) is 3.48. The summed E-state index contributed by atoms with van der Waals surface area (Å²) in [6.45, 7) is 4.45. The maximum absolute atomic E-state index is 2.35. The van der Waals surface area contributed by atoms with Crippen LogP contribution in [0.1, 0.15) is 34.8 Å². The summed E-state index contributed by atoms with van der Waals surface area (Å²) in [5, 5.41) is 0. The molecule has 1 unspecified atom stereocenters. The second-order valence-electron chi connectivity index (χ2n) is 3.59. The van der Waals surface area contributed by atoms with Crippen LogP contribution in [-0.4, -0.2) is 0 Å². The summed E-state index contributed by atoms with van der Waals surface area (Å²) in [5.41, 5.74) is 5.98. The van der Waals surface area contributed by atoms with Crippen LogP contribution in [0.4, 0.5) is 0 Å². The van der Waals surface area contributed by atoms with Crippen molar-refractivity contribution in [1.29, 1.82) is 0 Å². The molecule has 0 N–H and O–H groups in total. The van der Waals surface area contributed by atoms with Crippen LogP contribution < -0.4 is 24.8 Å². The molecule has 0 aromatic heterocycles. The molecule has 1 aromatic carbocycles. The Balaban J connectivity index is 0.000000980. The molecular weight excluding hydrogens is 263 g/mol. The first-order chi connectivity index (χ1) is 6.24. The van der Waals surface area contributed by atoms with Crippen molar-refractivity contribution in [2.45, 2.75) is 24.5 Å². The van der Waals surface area contributed by atoms with Gasteiger partial charge in [0.05, 0.1) is 0 Å². The Hall–Kier alpha value is 0.254. The standard InChI is InChI=1S/C12H13.2ClH.Ti/c1-3-10-5-4-6-11-7-9(2)8-12(10)11;;;/h4-8H,3H2,1-2H3;2*1H;/q;;;+2/p-2. The van der Waals surface area contributed by atoms with Gasteiger partial charge in [-0.2, -0.15) is 0 Å². The topological polar surface area (TPSA) is 0 Å². The summed E-state index contributed by atoms with van der Waals surface area (Å²) in [5.74, 6) is 0. The molecule has 0 bridgehead atoms. The Kier molecular flexibility index (Phi) is 6.21. The van der Waals surface area contributed by atoms with Gasteiger partial charge in [-0.1, -0.05) is 0 Å². The van der Waals surface area contributed by atoms with Gasteiger partial charge in [-0.15, -0.1) is 0 Å². The number of hydrogen-bond acceptors (Lipinski definition) is 0. The van der Waals surface area contributed by atoms with Gasteiger partial charge in [0.15, 0.2) is 0 Å². The number of fused-ring (bicyclic) bond motifs is 1. The molecule has 79 valence electrons. The van der Waals surface area contributed by atoms with Crippen LogP contribution >= 0.6 is 0 Å². The maximum Gasteiger partial charge on any atom is -1.00 e. The van der Waals surface area contributed by atoms with Crippen molar-refractivity contribution in [2.24, 2.45) is 0 Å². The Labute approximate surface area is 116 Å². The summed E-state index contributed by atoms with van der Waals surface area (Å²) in [4.78, 5) is 0. The van der Waals surface area contributed by atoms with Crippen molar-refractivity contribution in [3.63, 3.8) is 0 Å². The van der Waals surface area contributed by atoms with Gasteiger partial charge >= 0.3 is 91.5 Å². The van der Waals surface area contributed by atoms with Gasteiger partial charge in [0.1, 0.15) is 0 Å². The third-order valence-electron chi connectivity index (χ3n) is 2.75. The van der Waals surface area contributed by atoms with E-state index >= 15 is 0 Å². The van der Waals surface area contributed by atoms with Crippen LogP contribution in [0.5, 0.6) is 0 Å². The SMILES string of the molecule is CCc1cccc2c1C=C(C)[CH]2[Ti+2].[Cl-].[Cl-]. The Bertz CT molecular complexity index is 372. The second kappa shape index (κ2) is 6.10. The van der Waals surface area contributed by atoms with Gasteiger partial charge in [0.25, 0.3) is 0 Å². The molecule has 2 rings (SSSR count). The third-order valence-corrected chi connectivity index (χ3v) is 3.95. The minimum Gasteiger partial charge on any atom is -1.00 e. The predicted octanol–water partition coefficient (Wildman–Crippen LogP) is -2.74. The van der Waals surface area contributed by atoms with Crippen molar-refractivity contribution in [2.75, 3.05) is 0 Å². The average molecular weight is 276 g/mol. The van der Waals surface area contributed by atoms with Crippen LogP contribution in [0.3, 0.4) is 0 Å². The molecular formula is C12H13Cl2Ti. The van der Waals surface area contributed by atoms with Crippen LogP contribution in [0.15, 0.2) is 23.8 Å². The van der Waals surface area contributed by atoms with E-state index in [9.17, 15) is 0 Å². The Morgan fingerprint density at radius 1 is 1.27 bits per heavy atom. The molecule has 1 aliphatic rings. The first-order valence-electron chi connectivity index (χ1n) is 4.75. The molecule has 1 atom stereocenters. The zero-order valence-corrected chi connectivity index (χ0v) is 11.9. The van der Waals surface area contributed by atoms with Crippen LogP contribution in [0.2, 0.25) is 0 Å². The first kappa shape index (κ1) is 15.3. The van der Waals surface area contributed by atoms with Gasteiger partial charge in [-0.3, -0.25) is 0 Å². The summed E-state index contributed by atoms with van der Waals surface area (Å²) in [7, 11) is 0. The van der Waals surface area contributed by atoms with E-state index in [0.717, 1.165) is 6.42 Å². The van der Waals surface area contributed by atoms with Crippen LogP contribution in [0.25, 0.3) is 6.08 Å². The second-order valence-corrected chi connectivity index (χ2v) is 4.50. The molecule has 1 aromatic rings. The fourth-order valence-electron chi connectivity index (χ4n) is 1.93. The molecule has 0 fully saturated rings. The first-order valence-corrected chi connectivity index (χ1v) is 5.65. The van der Waals surface area contributed by atoms with Gasteiger partial charge in [0.2, 0.25) is 0 Å². The summed E-state index contributed by atoms with van der Waals surface area (Å²) in [6, 6.07) is 6.67. The molecule has 0 spiro atoms. The smallest absolute Gasteiger partial charge is 1.00 e. The predicted molar refractivity (Wildman–Crippen MR) is 52.2 cm³/mol. The number of benzene rings is 1. The van der Waals surface area contributed by atoms with E-state index in [1.54, 1.807) is 0 Å². The molecule has 0 amide bonds. The van der Waals surface area contributed by atoms with Crippen LogP contribution in [-0.2, 0) is 26.9 Å². The third kappa shape index (κ3) is 2.68. The fourth-order valence-corrected chi connectivity index (χ4v) is 2.45. The minimum absolute atomic E-state index is 0. The van der Waals surface area contributed by atoms with E-state index in [2.05, 4.69) is 58.6 Å². The fraction of sp³-hybridized carbons (Fsp3) is 0.333. The largest absolute Gasteiger partial charge is 1.00 e. The van der Waals surface area contributed by atoms with Gasteiger partial charge < -0.3 is 24.8 Å². The molecule has 15 heavy (non-hydrogen) atoms. The summed E-state index contributed by atoms with van der Waals surface area (Å²) >= 11 is 2.29. The van der Waals surface area contributed by atoms with E-state index in [4.69, 9.17) is 0 Å². The van der Waals surface area contributed by atoms with Crippen LogP contribution in [0, 0.1) is 0 Å². The maximum atomic E-state index is 2.35. The Morgan fingerprint density at radius 2 is 1.93 bits per heavy atom. The normalized spacial score (nSPS) is 17.3. The molecule has 0 saturated heterocycles. The number of allylic oxidation sites excluding steroid dienone is 1. The molecule has 3 heteroatoms. The Morgan fingerprint density at radius 3 is 2.53 bits per heavy atom. The molecule has 0 saturated carbocycles. The number of halogens is 2. The number of aryl methyl sites for hydroxylation is 1. The van der Waals surface area contributed by atoms with Gasteiger partial charge in [-0.05, 0) is 0 Å². The van der Waals surface area contributed by atoms with E-state index in [-0.39, 0.29) is 24.8 Å². The molecule has 0 radical (unpaired) electrons. The zero-order chi connectivity index (χ0) is 9.42. The van der Waals surface area contributed by atoms with Gasteiger partial charge in [-0.25, -0.2) is 0 Å². The van der Waals surface area contributed by atoms with E-state index < -0.39 is 0 Å². The quantitative estimate of drug-likeness (QED) is 0.488. The molecule has 1 aliphatic carbocycles. The van der Waals surface area contributed by atoms with Crippen molar-refractivity contribution >= 4 is 6.08 Å². The number of rotatable bonds is 1. The van der Waals surface area contributed by atoms with Gasteiger partial charge in [0, 0.05) is 0 Å². The molecule has 0 aliphatic heterocycles. The van der Waals surface area contributed by atoms with E-state index in [0.29, 0.717) is 4.22 Å². The minimum atomic E-state index is 0. The van der Waals surface area contributed by atoms with Crippen molar-refractivity contribution in [3.8, 4) is 0 Å². The summed E-state index contributed by atoms with van der Waals surface area (Å²) < 4.78 is 0.626. The van der Waals surface area contributed by atoms with Crippen molar-refractivity contribution < 1.29 is 45.2 Å². The number of hydrogen-bond donors (Lipinski definition) is 0. The zero-order valence-electron chi connectivity index (χ0n) is 8.85.